The van der Waals surface area contributed by atoms with Gasteiger partial charge in [-0.2, -0.15) is 18.3 Å². The number of aromatic hydroxyl groups is 1. The number of hydrogen-bond acceptors (Lipinski definition) is 5. The molecule has 0 saturated heterocycles. The largest absolute Gasteiger partial charge is 0.505 e. The van der Waals surface area contributed by atoms with Gasteiger partial charge in [-0.3, -0.25) is 4.79 Å². The van der Waals surface area contributed by atoms with Crippen molar-refractivity contribution in [2.24, 2.45) is 0 Å². The van der Waals surface area contributed by atoms with Crippen molar-refractivity contribution in [1.82, 2.24) is 9.78 Å². The van der Waals surface area contributed by atoms with Crippen molar-refractivity contribution < 1.29 is 27.8 Å². The Kier molecular flexibility index (Phi) is 6.48. The topological polar surface area (TPSA) is 81.4 Å². The number of rotatable bonds is 5. The Morgan fingerprint density at radius 2 is 1.83 bits per heavy atom. The number of halogens is 3. The molecule has 30 heavy (non-hydrogen) atoms. The minimum Gasteiger partial charge on any atom is -0.505 e. The Bertz CT molecular complexity index is 962. The number of benzene rings is 1. The van der Waals surface area contributed by atoms with Gasteiger partial charge in [-0.15, -0.1) is 0 Å². The van der Waals surface area contributed by atoms with E-state index in [2.05, 4.69) is 5.10 Å². The van der Waals surface area contributed by atoms with Gasteiger partial charge in [0.1, 0.15) is 5.69 Å². The Morgan fingerprint density at radius 3 is 2.40 bits per heavy atom. The molecule has 1 aromatic carbocycles. The van der Waals surface area contributed by atoms with E-state index >= 15 is 0 Å². The lowest BCUT2D eigenvalue weighted by atomic mass is 9.86. The first-order valence-corrected chi connectivity index (χ1v) is 9.89. The Morgan fingerprint density at radius 1 is 1.20 bits per heavy atom. The summed E-state index contributed by atoms with van der Waals surface area (Å²) in [4.78, 5) is 25.2. The molecule has 0 bridgehead atoms. The van der Waals surface area contributed by atoms with Gasteiger partial charge in [0, 0.05) is 5.92 Å². The molecule has 1 heterocycles. The summed E-state index contributed by atoms with van der Waals surface area (Å²) in [6.07, 6.45) is 0.0182. The van der Waals surface area contributed by atoms with Crippen molar-refractivity contribution in [3.8, 4) is 5.75 Å². The molecule has 0 unspecified atom stereocenters. The Balaban J connectivity index is 2.03. The second-order valence-corrected chi connectivity index (χ2v) is 7.32. The molecule has 1 fully saturated rings. The van der Waals surface area contributed by atoms with Gasteiger partial charge in [-0.05, 0) is 37.5 Å². The first-order chi connectivity index (χ1) is 14.2. The molecule has 1 saturated carbocycles. The third-order valence-electron chi connectivity index (χ3n) is 5.24. The van der Waals surface area contributed by atoms with E-state index in [0.29, 0.717) is 5.56 Å². The smallest absolute Gasteiger partial charge is 0.416 e. The molecule has 2 aromatic rings. The van der Waals surface area contributed by atoms with E-state index in [0.717, 1.165) is 48.9 Å². The molecular formula is C21H23F3N2O4. The Hall–Kier alpha value is -2.84. The van der Waals surface area contributed by atoms with Crippen molar-refractivity contribution in [2.45, 2.75) is 57.7 Å². The monoisotopic (exact) mass is 424 g/mol. The van der Waals surface area contributed by atoms with Gasteiger partial charge in [0.15, 0.2) is 11.3 Å². The van der Waals surface area contributed by atoms with Crippen LogP contribution in [0.25, 0.3) is 0 Å². The number of nitrogens with zero attached hydrogens (tertiary/aromatic N) is 2. The molecule has 0 radical (unpaired) electrons. The summed E-state index contributed by atoms with van der Waals surface area (Å²) in [5.41, 5.74) is -1.46. The van der Waals surface area contributed by atoms with Crippen molar-refractivity contribution >= 4 is 5.97 Å². The van der Waals surface area contributed by atoms with Crippen LogP contribution in [0.4, 0.5) is 13.2 Å². The van der Waals surface area contributed by atoms with Crippen LogP contribution < -0.4 is 5.56 Å². The van der Waals surface area contributed by atoms with Crippen LogP contribution in [0, 0.1) is 0 Å². The maximum atomic E-state index is 12.8. The van der Waals surface area contributed by atoms with Gasteiger partial charge >= 0.3 is 12.1 Å². The minimum atomic E-state index is -4.46. The second kappa shape index (κ2) is 8.89. The molecule has 1 aromatic heterocycles. The van der Waals surface area contributed by atoms with E-state index in [9.17, 15) is 27.9 Å². The molecule has 0 atom stereocenters. The molecule has 1 aliphatic carbocycles. The van der Waals surface area contributed by atoms with Crippen LogP contribution in [-0.4, -0.2) is 27.5 Å². The lowest BCUT2D eigenvalue weighted by Crippen LogP contribution is -2.32. The van der Waals surface area contributed by atoms with Gasteiger partial charge in [0.05, 0.1) is 18.7 Å². The highest BCUT2D eigenvalue weighted by atomic mass is 19.4. The van der Waals surface area contributed by atoms with E-state index in [4.69, 9.17) is 4.74 Å². The average molecular weight is 424 g/mol. The first kappa shape index (κ1) is 21.9. The number of carbonyl (C=O) groups excluding carboxylic acids is 1. The summed E-state index contributed by atoms with van der Waals surface area (Å²) >= 11 is 0. The normalized spacial score (nSPS) is 15.2. The van der Waals surface area contributed by atoms with Crippen molar-refractivity contribution in [1.29, 1.82) is 0 Å². The maximum Gasteiger partial charge on any atom is 0.416 e. The number of carbonyl (C=O) groups is 1. The molecule has 3 rings (SSSR count). The van der Waals surface area contributed by atoms with E-state index in [1.54, 1.807) is 6.92 Å². The predicted octanol–water partition coefficient (Wildman–Crippen LogP) is 4.24. The van der Waals surface area contributed by atoms with Gasteiger partial charge in [-0.25, -0.2) is 9.48 Å². The van der Waals surface area contributed by atoms with E-state index in [-0.39, 0.29) is 24.8 Å². The standard InChI is InChI=1S/C21H23F3N2O4/c1-2-30-20(29)16-18(27)17(14-6-4-3-5-7-14)25-26(19(16)28)12-13-8-10-15(11-9-13)21(22,23)24/h8-11,14,27H,2-7,12H2,1H3. The van der Waals surface area contributed by atoms with Crippen LogP contribution in [-0.2, 0) is 17.5 Å². The van der Waals surface area contributed by atoms with E-state index < -0.39 is 34.6 Å². The van der Waals surface area contributed by atoms with Gasteiger partial charge in [0.2, 0.25) is 0 Å². The molecule has 1 N–H and O–H groups in total. The first-order valence-electron chi connectivity index (χ1n) is 9.89. The summed E-state index contributed by atoms with van der Waals surface area (Å²) in [6.45, 7) is 1.47. The number of esters is 1. The lowest BCUT2D eigenvalue weighted by molar-refractivity contribution is -0.137. The molecule has 162 valence electrons. The fourth-order valence-electron chi connectivity index (χ4n) is 3.70. The lowest BCUT2D eigenvalue weighted by Gasteiger charge is -2.23. The zero-order valence-electron chi connectivity index (χ0n) is 16.5. The summed E-state index contributed by atoms with van der Waals surface area (Å²) in [5.74, 6) is -1.51. The molecule has 0 aliphatic heterocycles. The average Bonchev–Trinajstić information content (AvgIpc) is 2.71. The summed E-state index contributed by atoms with van der Waals surface area (Å²) < 4.78 is 44.3. The van der Waals surface area contributed by atoms with Crippen LogP contribution in [0.1, 0.15) is 72.1 Å². The Labute approximate surface area is 171 Å². The summed E-state index contributed by atoms with van der Waals surface area (Å²) in [5, 5.41) is 14.9. The summed E-state index contributed by atoms with van der Waals surface area (Å²) in [6, 6.07) is 4.37. The van der Waals surface area contributed by atoms with Crippen molar-refractivity contribution in [2.75, 3.05) is 6.61 Å². The van der Waals surface area contributed by atoms with Crippen LogP contribution in [0.5, 0.6) is 5.75 Å². The fourth-order valence-corrected chi connectivity index (χ4v) is 3.70. The highest BCUT2D eigenvalue weighted by Crippen LogP contribution is 2.36. The third kappa shape index (κ3) is 4.66. The van der Waals surface area contributed by atoms with Crippen LogP contribution in [0.15, 0.2) is 29.1 Å². The minimum absolute atomic E-state index is 0.0255. The van der Waals surface area contributed by atoms with Crippen LogP contribution >= 0.6 is 0 Å². The second-order valence-electron chi connectivity index (χ2n) is 7.32. The highest BCUT2D eigenvalue weighted by Gasteiger charge is 2.31. The van der Waals surface area contributed by atoms with Crippen molar-refractivity contribution in [3.05, 3.63) is 57.0 Å². The molecule has 0 spiro atoms. The number of hydrogen-bond donors (Lipinski definition) is 1. The van der Waals surface area contributed by atoms with Crippen molar-refractivity contribution in [3.63, 3.8) is 0 Å². The summed E-state index contributed by atoms with van der Waals surface area (Å²) in [7, 11) is 0. The number of alkyl halides is 3. The van der Waals surface area contributed by atoms with Gasteiger partial charge in [-0.1, -0.05) is 31.4 Å². The zero-order valence-corrected chi connectivity index (χ0v) is 16.5. The fraction of sp³-hybridized carbons (Fsp3) is 0.476. The number of aromatic nitrogens is 2. The van der Waals surface area contributed by atoms with Gasteiger partial charge < -0.3 is 9.84 Å². The molecule has 1 aliphatic rings. The molecule has 0 amide bonds. The van der Waals surface area contributed by atoms with Crippen LogP contribution in [0.2, 0.25) is 0 Å². The molecular weight excluding hydrogens is 401 g/mol. The van der Waals surface area contributed by atoms with Crippen LogP contribution in [0.3, 0.4) is 0 Å². The maximum absolute atomic E-state index is 12.8. The number of ether oxygens (including phenoxy) is 1. The van der Waals surface area contributed by atoms with E-state index in [1.165, 1.54) is 12.1 Å². The molecule has 6 nitrogen and oxygen atoms in total. The third-order valence-corrected chi connectivity index (χ3v) is 5.24. The molecule has 9 heteroatoms. The predicted molar refractivity (Wildman–Crippen MR) is 102 cm³/mol. The highest BCUT2D eigenvalue weighted by molar-refractivity contribution is 5.92. The SMILES string of the molecule is CCOC(=O)c1c(O)c(C2CCCCC2)nn(Cc2ccc(C(F)(F)F)cc2)c1=O. The zero-order chi connectivity index (χ0) is 21.9. The van der Waals surface area contributed by atoms with Gasteiger partial charge in [0.25, 0.3) is 5.56 Å². The quantitative estimate of drug-likeness (QED) is 0.726. The van der Waals surface area contributed by atoms with E-state index in [1.807, 2.05) is 0 Å².